The Kier molecular flexibility index (Phi) is 7.60. The molecule has 3 aromatic carbocycles. The van der Waals surface area contributed by atoms with Crippen molar-refractivity contribution in [1.82, 2.24) is 14.7 Å². The average molecular weight is 594 g/mol. The molecule has 2 amide bonds. The number of carbonyl (C=O) groups is 2. The summed E-state index contributed by atoms with van der Waals surface area (Å²) in [7, 11) is 1.88. The molecule has 2 aliphatic carbocycles. The Morgan fingerprint density at radius 3 is 2.48 bits per heavy atom. The molecule has 0 radical (unpaired) electrons. The van der Waals surface area contributed by atoms with E-state index in [1.165, 1.54) is 31.7 Å². The number of benzene rings is 3. The van der Waals surface area contributed by atoms with Crippen molar-refractivity contribution < 1.29 is 14.0 Å². The second-order valence-corrected chi connectivity index (χ2v) is 13.0. The zero-order valence-corrected chi connectivity index (χ0v) is 25.4. The minimum Gasteiger partial charge on any atom is -0.382 e. The normalized spacial score (nSPS) is 23.6. The number of aromatic nitrogens is 2. The molecule has 44 heavy (non-hydrogen) atoms. The molecule has 4 atom stereocenters. The first-order valence-corrected chi connectivity index (χ1v) is 16.0. The molecule has 1 saturated heterocycles. The molecule has 8 heteroatoms. The SMILES string of the molecule is Cc1cccc(F)c1C(=O)N1C2CCCC2CC(C(=O)Nc2ccc3cnn(C)c3c2)C1c1ccc(NC2CCCC2)cc1. The van der Waals surface area contributed by atoms with E-state index in [0.29, 0.717) is 23.7 Å². The summed E-state index contributed by atoms with van der Waals surface area (Å²) in [5.74, 6) is -1.29. The van der Waals surface area contributed by atoms with E-state index in [1.54, 1.807) is 29.9 Å². The van der Waals surface area contributed by atoms with Gasteiger partial charge in [0, 0.05) is 35.9 Å². The summed E-state index contributed by atoms with van der Waals surface area (Å²) in [6.07, 6.45) is 10.1. The van der Waals surface area contributed by atoms with Crippen LogP contribution < -0.4 is 10.6 Å². The van der Waals surface area contributed by atoms with Crippen LogP contribution in [0, 0.1) is 24.6 Å². The maximum Gasteiger partial charge on any atom is 0.257 e. The van der Waals surface area contributed by atoms with E-state index < -0.39 is 17.8 Å². The summed E-state index contributed by atoms with van der Waals surface area (Å²) in [4.78, 5) is 30.6. The van der Waals surface area contributed by atoms with E-state index in [-0.39, 0.29) is 29.3 Å². The van der Waals surface area contributed by atoms with Gasteiger partial charge in [-0.15, -0.1) is 0 Å². The quantitative estimate of drug-likeness (QED) is 0.244. The Morgan fingerprint density at radius 1 is 0.932 bits per heavy atom. The molecule has 2 heterocycles. The van der Waals surface area contributed by atoms with E-state index in [1.807, 2.05) is 42.3 Å². The van der Waals surface area contributed by atoms with Gasteiger partial charge in [-0.3, -0.25) is 14.3 Å². The minimum atomic E-state index is -0.526. The first-order chi connectivity index (χ1) is 21.4. The molecule has 3 fully saturated rings. The van der Waals surface area contributed by atoms with Crippen molar-refractivity contribution in [2.45, 2.75) is 76.4 Å². The van der Waals surface area contributed by atoms with Gasteiger partial charge in [0.2, 0.25) is 5.91 Å². The first-order valence-electron chi connectivity index (χ1n) is 16.0. The van der Waals surface area contributed by atoms with Gasteiger partial charge in [0.15, 0.2) is 0 Å². The van der Waals surface area contributed by atoms with Crippen molar-refractivity contribution in [3.05, 3.63) is 89.4 Å². The van der Waals surface area contributed by atoms with Crippen molar-refractivity contribution in [3.63, 3.8) is 0 Å². The molecule has 2 saturated carbocycles. The van der Waals surface area contributed by atoms with Crippen LogP contribution in [0.3, 0.4) is 0 Å². The third-order valence-electron chi connectivity index (χ3n) is 10.2. The number of hydrogen-bond acceptors (Lipinski definition) is 4. The number of aryl methyl sites for hydroxylation is 2. The maximum absolute atomic E-state index is 15.3. The predicted octanol–water partition coefficient (Wildman–Crippen LogP) is 7.39. The van der Waals surface area contributed by atoms with Crippen molar-refractivity contribution in [2.75, 3.05) is 10.6 Å². The third-order valence-corrected chi connectivity index (χ3v) is 10.2. The van der Waals surface area contributed by atoms with E-state index in [2.05, 4.69) is 27.9 Å². The predicted molar refractivity (Wildman–Crippen MR) is 171 cm³/mol. The second kappa shape index (κ2) is 11.7. The number of hydrogen-bond donors (Lipinski definition) is 2. The number of fused-ring (bicyclic) bond motifs is 2. The van der Waals surface area contributed by atoms with Gasteiger partial charge in [-0.25, -0.2) is 4.39 Å². The zero-order valence-electron chi connectivity index (χ0n) is 25.4. The largest absolute Gasteiger partial charge is 0.382 e. The summed E-state index contributed by atoms with van der Waals surface area (Å²) in [6, 6.07) is 18.7. The number of anilines is 2. The van der Waals surface area contributed by atoms with Gasteiger partial charge in [0.1, 0.15) is 5.82 Å². The van der Waals surface area contributed by atoms with Gasteiger partial charge in [-0.05, 0) is 92.5 Å². The fraction of sp³-hybridized carbons (Fsp3) is 0.417. The number of piperidine rings is 1. The van der Waals surface area contributed by atoms with E-state index in [0.717, 1.165) is 41.4 Å². The Labute approximate surface area is 257 Å². The average Bonchev–Trinajstić information content (AvgIpc) is 3.79. The van der Waals surface area contributed by atoms with Crippen molar-refractivity contribution in [2.24, 2.45) is 18.9 Å². The molecule has 1 aromatic heterocycles. The van der Waals surface area contributed by atoms with Crippen molar-refractivity contribution in [3.8, 4) is 0 Å². The number of rotatable bonds is 6. The van der Waals surface area contributed by atoms with Gasteiger partial charge in [-0.2, -0.15) is 5.10 Å². The molecule has 2 N–H and O–H groups in total. The molecular weight excluding hydrogens is 553 g/mol. The van der Waals surface area contributed by atoms with E-state index in [9.17, 15) is 9.59 Å². The molecule has 7 nitrogen and oxygen atoms in total. The Morgan fingerprint density at radius 2 is 1.70 bits per heavy atom. The van der Waals surface area contributed by atoms with Crippen LogP contribution >= 0.6 is 0 Å². The van der Waals surface area contributed by atoms with Crippen LogP contribution in [0.2, 0.25) is 0 Å². The number of amides is 2. The molecule has 4 unspecified atom stereocenters. The second-order valence-electron chi connectivity index (χ2n) is 13.0. The van der Waals surface area contributed by atoms with Crippen LogP contribution in [-0.4, -0.2) is 38.6 Å². The van der Waals surface area contributed by atoms with Crippen LogP contribution in [0.15, 0.2) is 66.9 Å². The van der Waals surface area contributed by atoms with Crippen LogP contribution in [0.25, 0.3) is 10.9 Å². The summed E-state index contributed by atoms with van der Waals surface area (Å²) in [5, 5.41) is 12.2. The Balaban J connectivity index is 1.27. The number of nitrogens with zero attached hydrogens (tertiary/aromatic N) is 3. The first kappa shape index (κ1) is 28.6. The van der Waals surface area contributed by atoms with Gasteiger partial charge >= 0.3 is 0 Å². The smallest absolute Gasteiger partial charge is 0.257 e. The Hall–Kier alpha value is -4.20. The molecule has 228 valence electrons. The monoisotopic (exact) mass is 593 g/mol. The summed E-state index contributed by atoms with van der Waals surface area (Å²) in [5.41, 5.74) is 4.27. The molecule has 0 bridgehead atoms. The van der Waals surface area contributed by atoms with Crippen LogP contribution in [0.4, 0.5) is 15.8 Å². The lowest BCUT2D eigenvalue weighted by atomic mass is 9.76. The lowest BCUT2D eigenvalue weighted by Crippen LogP contribution is -2.54. The summed E-state index contributed by atoms with van der Waals surface area (Å²) >= 11 is 0. The van der Waals surface area contributed by atoms with E-state index in [4.69, 9.17) is 0 Å². The molecule has 1 aliphatic heterocycles. The van der Waals surface area contributed by atoms with Crippen LogP contribution in [0.1, 0.15) is 78.9 Å². The van der Waals surface area contributed by atoms with Crippen molar-refractivity contribution >= 4 is 34.1 Å². The molecule has 0 spiro atoms. The fourth-order valence-corrected chi connectivity index (χ4v) is 8.00. The summed E-state index contributed by atoms with van der Waals surface area (Å²) in [6.45, 7) is 1.78. The standard InChI is InChI=1S/C36H40FN5O2/c1-22-7-5-11-30(37)33(22)36(44)42-31-12-6-8-24(31)19-29(35(43)40-28-18-15-25-21-38-41(2)32(25)20-28)34(42)23-13-16-27(17-14-23)39-26-9-3-4-10-26/h5,7,11,13-18,20-21,24,26,29,31,34,39H,3-4,6,8-10,12,19H2,1-2H3,(H,40,43). The highest BCUT2D eigenvalue weighted by molar-refractivity contribution is 5.99. The summed E-state index contributed by atoms with van der Waals surface area (Å²) < 4.78 is 17.1. The lowest BCUT2D eigenvalue weighted by Gasteiger charge is -2.48. The van der Waals surface area contributed by atoms with E-state index >= 15 is 4.39 Å². The van der Waals surface area contributed by atoms with Gasteiger partial charge in [-0.1, -0.05) is 43.5 Å². The molecule has 7 rings (SSSR count). The number of nitrogens with one attached hydrogen (secondary N) is 2. The minimum absolute atomic E-state index is 0.0439. The highest BCUT2D eigenvalue weighted by Crippen LogP contribution is 2.49. The van der Waals surface area contributed by atoms with Crippen molar-refractivity contribution in [1.29, 1.82) is 0 Å². The third kappa shape index (κ3) is 5.24. The fourth-order valence-electron chi connectivity index (χ4n) is 8.00. The number of halogens is 1. The Bertz CT molecular complexity index is 1670. The van der Waals surface area contributed by atoms with Gasteiger partial charge < -0.3 is 15.5 Å². The maximum atomic E-state index is 15.3. The molecular formula is C36H40FN5O2. The number of likely N-dealkylation sites (tertiary alicyclic amines) is 1. The molecule has 4 aromatic rings. The van der Waals surface area contributed by atoms with Gasteiger partial charge in [0.25, 0.3) is 5.91 Å². The highest BCUT2D eigenvalue weighted by atomic mass is 19.1. The van der Waals surface area contributed by atoms with Crippen LogP contribution in [0.5, 0.6) is 0 Å². The van der Waals surface area contributed by atoms with Crippen LogP contribution in [-0.2, 0) is 11.8 Å². The molecule has 3 aliphatic rings. The number of carbonyl (C=O) groups excluding carboxylic acids is 2. The lowest BCUT2D eigenvalue weighted by molar-refractivity contribution is -0.125. The zero-order chi connectivity index (χ0) is 30.4. The highest BCUT2D eigenvalue weighted by Gasteiger charge is 2.50. The van der Waals surface area contributed by atoms with Gasteiger partial charge in [0.05, 0.1) is 29.2 Å². The topological polar surface area (TPSA) is 79.3 Å².